The van der Waals surface area contributed by atoms with Crippen molar-refractivity contribution < 1.29 is 24.5 Å². The third kappa shape index (κ3) is 1.75. The molecule has 1 unspecified atom stereocenters. The maximum atomic E-state index is 12.7. The molecule has 2 aliphatic carbocycles. The summed E-state index contributed by atoms with van der Waals surface area (Å²) < 4.78 is 5.67. The number of carbonyl (C=O) groups is 2. The van der Waals surface area contributed by atoms with Crippen LogP contribution in [0.5, 0.6) is 0 Å². The van der Waals surface area contributed by atoms with Gasteiger partial charge in [0.1, 0.15) is 11.4 Å². The van der Waals surface area contributed by atoms with Crippen molar-refractivity contribution in [1.29, 1.82) is 0 Å². The first-order chi connectivity index (χ1) is 10.8. The lowest BCUT2D eigenvalue weighted by molar-refractivity contribution is -0.112. The van der Waals surface area contributed by atoms with Gasteiger partial charge in [-0.15, -0.1) is 0 Å². The monoisotopic (exact) mass is 314 g/mol. The first-order valence-electron chi connectivity index (χ1n) is 7.87. The van der Waals surface area contributed by atoms with E-state index in [9.17, 15) is 19.8 Å². The number of fused-ring (bicyclic) bond motifs is 4. The van der Waals surface area contributed by atoms with Gasteiger partial charge < -0.3 is 14.9 Å². The Morgan fingerprint density at radius 2 is 2.00 bits per heavy atom. The topological polar surface area (TPSA) is 83.8 Å². The minimum atomic E-state index is -1.43. The predicted molar refractivity (Wildman–Crippen MR) is 81.7 cm³/mol. The van der Waals surface area contributed by atoms with Crippen LogP contribution in [0.25, 0.3) is 5.76 Å². The highest BCUT2D eigenvalue weighted by molar-refractivity contribution is 6.52. The van der Waals surface area contributed by atoms with Gasteiger partial charge in [0.25, 0.3) is 0 Å². The van der Waals surface area contributed by atoms with Gasteiger partial charge in [0.15, 0.2) is 0 Å². The van der Waals surface area contributed by atoms with Crippen molar-refractivity contribution in [1.82, 2.24) is 0 Å². The maximum Gasteiger partial charge on any atom is 0.234 e. The van der Waals surface area contributed by atoms with Gasteiger partial charge in [-0.1, -0.05) is 19.1 Å². The fraction of sp³-hybridized carbons (Fsp3) is 0.444. The summed E-state index contributed by atoms with van der Waals surface area (Å²) in [6, 6.07) is 3.45. The van der Waals surface area contributed by atoms with Crippen molar-refractivity contribution >= 4 is 17.3 Å². The molecule has 0 radical (unpaired) electrons. The molecule has 3 atom stereocenters. The molecule has 120 valence electrons. The van der Waals surface area contributed by atoms with E-state index in [1.54, 1.807) is 12.1 Å². The van der Waals surface area contributed by atoms with E-state index in [2.05, 4.69) is 0 Å². The molecular weight excluding hydrogens is 296 g/mol. The molecule has 1 aliphatic heterocycles. The lowest BCUT2D eigenvalue weighted by atomic mass is 9.72. The van der Waals surface area contributed by atoms with Crippen LogP contribution >= 0.6 is 0 Å². The molecule has 1 aromatic carbocycles. The molecule has 0 spiro atoms. The molecule has 4 rings (SSSR count). The molecule has 5 heteroatoms. The number of hydrogen-bond acceptors (Lipinski definition) is 5. The molecule has 1 aromatic rings. The molecule has 23 heavy (non-hydrogen) atoms. The van der Waals surface area contributed by atoms with Crippen molar-refractivity contribution in [3.05, 3.63) is 40.0 Å². The Kier molecular flexibility index (Phi) is 2.87. The first-order valence-corrected chi connectivity index (χ1v) is 7.87. The fourth-order valence-electron chi connectivity index (χ4n) is 3.95. The van der Waals surface area contributed by atoms with Crippen LogP contribution in [0.4, 0.5) is 0 Å². The van der Waals surface area contributed by atoms with E-state index in [0.29, 0.717) is 53.0 Å². The summed E-state index contributed by atoms with van der Waals surface area (Å²) in [5.74, 6) is -0.613. The lowest BCUT2D eigenvalue weighted by Crippen LogP contribution is -2.42. The molecule has 0 saturated heterocycles. The van der Waals surface area contributed by atoms with E-state index in [0.717, 1.165) is 0 Å². The van der Waals surface area contributed by atoms with Crippen molar-refractivity contribution in [2.24, 2.45) is 5.92 Å². The van der Waals surface area contributed by atoms with Crippen LogP contribution < -0.4 is 0 Å². The largest absolute Gasteiger partial charge is 0.492 e. The molecule has 0 saturated carbocycles. The standard InChI is InChI=1S/C18H18O5/c1-8-7-23-17-10-3-5-11-9(4-6-12(19)18(11,2)22)14(10)16(21)15(20)13(8)17/h3,5,8,12,19,22H,4,6-7H2,1-2H3/t8?,12-,18-/m1/s1. The zero-order chi connectivity index (χ0) is 16.5. The summed E-state index contributed by atoms with van der Waals surface area (Å²) in [4.78, 5) is 25.2. The zero-order valence-corrected chi connectivity index (χ0v) is 13.0. The molecule has 5 nitrogen and oxygen atoms in total. The zero-order valence-electron chi connectivity index (χ0n) is 13.0. The fourth-order valence-corrected chi connectivity index (χ4v) is 3.95. The number of carbonyl (C=O) groups excluding carboxylic acids is 2. The summed E-state index contributed by atoms with van der Waals surface area (Å²) in [6.45, 7) is 3.81. The summed E-state index contributed by atoms with van der Waals surface area (Å²) in [6.07, 6.45) is -0.0892. The number of ether oxygens (including phenoxy) is 1. The SMILES string of the molecule is CC1COC2=C1C(=O)C(=O)c1c2ccc2c1CC[C@@H](O)[C@]2(C)O. The van der Waals surface area contributed by atoms with Gasteiger partial charge in [-0.05, 0) is 30.9 Å². The van der Waals surface area contributed by atoms with Crippen molar-refractivity contribution in [2.75, 3.05) is 6.61 Å². The summed E-state index contributed by atoms with van der Waals surface area (Å²) >= 11 is 0. The van der Waals surface area contributed by atoms with Crippen molar-refractivity contribution in [2.45, 2.75) is 38.4 Å². The van der Waals surface area contributed by atoms with E-state index in [1.165, 1.54) is 6.92 Å². The predicted octanol–water partition coefficient (Wildman–Crippen LogP) is 1.34. The van der Waals surface area contributed by atoms with Gasteiger partial charge >= 0.3 is 0 Å². The van der Waals surface area contributed by atoms with Crippen LogP contribution in [0.3, 0.4) is 0 Å². The molecule has 0 amide bonds. The van der Waals surface area contributed by atoms with E-state index in [1.807, 2.05) is 6.92 Å². The van der Waals surface area contributed by atoms with Crippen LogP contribution in [0, 0.1) is 5.92 Å². The Hall–Kier alpha value is -1.98. The molecule has 0 aromatic heterocycles. The van der Waals surface area contributed by atoms with Gasteiger partial charge in [0.2, 0.25) is 11.6 Å². The Morgan fingerprint density at radius 1 is 1.26 bits per heavy atom. The summed E-state index contributed by atoms with van der Waals surface area (Å²) in [5, 5.41) is 20.6. The highest BCUT2D eigenvalue weighted by Gasteiger charge is 2.45. The average molecular weight is 314 g/mol. The number of hydrogen-bond donors (Lipinski definition) is 2. The highest BCUT2D eigenvalue weighted by Crippen LogP contribution is 2.44. The number of benzene rings is 1. The number of ketones is 2. The van der Waals surface area contributed by atoms with Gasteiger partial charge in [-0.3, -0.25) is 9.59 Å². The van der Waals surface area contributed by atoms with Gasteiger partial charge in [0, 0.05) is 17.0 Å². The van der Waals surface area contributed by atoms with Crippen LogP contribution in [0.2, 0.25) is 0 Å². The lowest BCUT2D eigenvalue weighted by Gasteiger charge is -2.37. The Balaban J connectivity index is 2.00. The number of Topliss-reactive ketones (excluding diaryl/α,β-unsaturated/α-hetero) is 2. The van der Waals surface area contributed by atoms with E-state index >= 15 is 0 Å². The maximum absolute atomic E-state index is 12.7. The second-order valence-corrected chi connectivity index (χ2v) is 6.83. The van der Waals surface area contributed by atoms with Crippen molar-refractivity contribution in [3.8, 4) is 0 Å². The highest BCUT2D eigenvalue weighted by atomic mass is 16.5. The van der Waals surface area contributed by atoms with Crippen LogP contribution in [-0.2, 0) is 21.6 Å². The van der Waals surface area contributed by atoms with E-state index in [4.69, 9.17) is 4.74 Å². The minimum Gasteiger partial charge on any atom is -0.492 e. The number of aliphatic hydroxyl groups excluding tert-OH is 1. The Bertz CT molecular complexity index is 787. The molecular formula is C18H18O5. The minimum absolute atomic E-state index is 0.0874. The van der Waals surface area contributed by atoms with E-state index in [-0.39, 0.29) is 5.92 Å². The third-order valence-electron chi connectivity index (χ3n) is 5.31. The normalized spacial score (nSPS) is 32.3. The summed E-state index contributed by atoms with van der Waals surface area (Å²) in [7, 11) is 0. The van der Waals surface area contributed by atoms with Crippen molar-refractivity contribution in [3.63, 3.8) is 0 Å². The molecule has 0 bridgehead atoms. The van der Waals surface area contributed by atoms with Crippen LogP contribution in [0.15, 0.2) is 17.7 Å². The average Bonchev–Trinajstić information content (AvgIpc) is 2.90. The second kappa shape index (κ2) is 4.52. The third-order valence-corrected chi connectivity index (χ3v) is 5.31. The quantitative estimate of drug-likeness (QED) is 0.706. The number of rotatable bonds is 0. The molecule has 1 heterocycles. The summed E-state index contributed by atoms with van der Waals surface area (Å²) in [5.41, 5.74) is 1.19. The molecule has 0 fully saturated rings. The first kappa shape index (κ1) is 14.6. The smallest absolute Gasteiger partial charge is 0.234 e. The van der Waals surface area contributed by atoms with Crippen LogP contribution in [-0.4, -0.2) is 34.5 Å². The van der Waals surface area contributed by atoms with Gasteiger partial charge in [0.05, 0.1) is 18.3 Å². The van der Waals surface area contributed by atoms with Gasteiger partial charge in [-0.25, -0.2) is 0 Å². The molecule has 2 N–H and O–H groups in total. The second-order valence-electron chi connectivity index (χ2n) is 6.83. The van der Waals surface area contributed by atoms with E-state index < -0.39 is 23.3 Å². The van der Waals surface area contributed by atoms with Gasteiger partial charge in [-0.2, -0.15) is 0 Å². The number of aliphatic hydroxyl groups is 2. The Labute approximate surface area is 133 Å². The van der Waals surface area contributed by atoms with Crippen LogP contribution in [0.1, 0.15) is 47.3 Å². The Morgan fingerprint density at radius 3 is 2.74 bits per heavy atom. The molecule has 3 aliphatic rings.